The van der Waals surface area contributed by atoms with E-state index in [1.54, 1.807) is 18.2 Å². The van der Waals surface area contributed by atoms with Crippen molar-refractivity contribution in [1.82, 2.24) is 0 Å². The van der Waals surface area contributed by atoms with Gasteiger partial charge in [0.1, 0.15) is 5.75 Å². The van der Waals surface area contributed by atoms with E-state index in [1.807, 2.05) is 0 Å². The van der Waals surface area contributed by atoms with Crippen LogP contribution in [0.25, 0.3) is 0 Å². The lowest BCUT2D eigenvalue weighted by atomic mass is 9.55. The van der Waals surface area contributed by atoms with E-state index >= 15 is 0 Å². The number of rotatable bonds is 10. The molecular weight excluding hydrogens is 404 g/mol. The monoisotopic (exact) mass is 448 g/mol. The van der Waals surface area contributed by atoms with E-state index in [9.17, 15) is 0 Å². The molecule has 4 atom stereocenters. The molecule has 2 nitrogen and oxygen atoms in total. The Bertz CT molecular complexity index is 886. The van der Waals surface area contributed by atoms with Gasteiger partial charge in [0.25, 0.3) is 0 Å². The second-order valence-corrected chi connectivity index (χ2v) is 11.1. The molecule has 0 bridgehead atoms. The van der Waals surface area contributed by atoms with Gasteiger partial charge in [-0.25, -0.2) is 0 Å². The first-order valence-corrected chi connectivity index (χ1v) is 13.3. The predicted molar refractivity (Wildman–Crippen MR) is 138 cm³/mol. The maximum Gasteiger partial charge on any atom is 0.124 e. The molecule has 1 heterocycles. The number of aryl methyl sites for hydroxylation is 3. The first kappa shape index (κ1) is 24.3. The molecule has 2 fully saturated rings. The van der Waals surface area contributed by atoms with Crippen LogP contribution < -0.4 is 4.74 Å². The van der Waals surface area contributed by atoms with Crippen molar-refractivity contribution in [2.24, 2.45) is 10.8 Å². The highest BCUT2D eigenvalue weighted by atomic mass is 16.5. The van der Waals surface area contributed by atoms with Gasteiger partial charge < -0.3 is 9.47 Å². The Morgan fingerprint density at radius 1 is 0.879 bits per heavy atom. The van der Waals surface area contributed by atoms with E-state index in [0.717, 1.165) is 37.5 Å². The zero-order valence-corrected chi connectivity index (χ0v) is 21.8. The van der Waals surface area contributed by atoms with Gasteiger partial charge in [0.15, 0.2) is 0 Å². The topological polar surface area (TPSA) is 18.5 Å². The molecule has 33 heavy (non-hydrogen) atoms. The third kappa shape index (κ3) is 4.61. The van der Waals surface area contributed by atoms with Crippen LogP contribution in [0.3, 0.4) is 0 Å². The SMILES string of the molecule is CCc1ccc(C2CCC2(C)CCCC2(C)COC2c2ccc(CC)cc2OC)c(CC)c1. The molecule has 1 saturated carbocycles. The maximum atomic E-state index is 6.13. The van der Waals surface area contributed by atoms with Crippen LogP contribution in [0.2, 0.25) is 0 Å². The maximum absolute atomic E-state index is 6.13. The molecule has 2 aromatic rings. The molecule has 0 radical (unpaired) electrons. The van der Waals surface area contributed by atoms with Gasteiger partial charge >= 0.3 is 0 Å². The zero-order chi connectivity index (χ0) is 23.6. The average molecular weight is 449 g/mol. The van der Waals surface area contributed by atoms with E-state index in [1.165, 1.54) is 48.8 Å². The summed E-state index contributed by atoms with van der Waals surface area (Å²) in [7, 11) is 1.78. The van der Waals surface area contributed by atoms with Gasteiger partial charge in [0, 0.05) is 11.0 Å². The lowest BCUT2D eigenvalue weighted by Gasteiger charge is -2.51. The molecule has 0 spiro atoms. The van der Waals surface area contributed by atoms with Crippen molar-refractivity contribution in [3.8, 4) is 5.75 Å². The van der Waals surface area contributed by atoms with Crippen molar-refractivity contribution in [1.29, 1.82) is 0 Å². The molecule has 2 aliphatic rings. The summed E-state index contributed by atoms with van der Waals surface area (Å²) < 4.78 is 11.9. The third-order valence-electron chi connectivity index (χ3n) is 8.91. The summed E-state index contributed by atoms with van der Waals surface area (Å²) in [4.78, 5) is 0. The number of benzene rings is 2. The fraction of sp³-hybridized carbons (Fsp3) is 0.613. The minimum absolute atomic E-state index is 0.150. The third-order valence-corrected chi connectivity index (χ3v) is 8.91. The van der Waals surface area contributed by atoms with Gasteiger partial charge in [-0.05, 0) is 84.6 Å². The Hall–Kier alpha value is -1.80. The molecule has 4 rings (SSSR count). The lowest BCUT2D eigenvalue weighted by Crippen LogP contribution is -2.44. The van der Waals surface area contributed by atoms with Crippen LogP contribution >= 0.6 is 0 Å². The summed E-state index contributed by atoms with van der Waals surface area (Å²) in [6.45, 7) is 12.6. The summed E-state index contributed by atoms with van der Waals surface area (Å²) >= 11 is 0. The Morgan fingerprint density at radius 2 is 1.55 bits per heavy atom. The first-order chi connectivity index (χ1) is 15.9. The van der Waals surface area contributed by atoms with Gasteiger partial charge in [0.2, 0.25) is 0 Å². The minimum Gasteiger partial charge on any atom is -0.496 e. The predicted octanol–water partition coefficient (Wildman–Crippen LogP) is 8.21. The first-order valence-electron chi connectivity index (χ1n) is 13.3. The molecule has 1 aliphatic heterocycles. The van der Waals surface area contributed by atoms with Crippen LogP contribution in [0.15, 0.2) is 36.4 Å². The van der Waals surface area contributed by atoms with Crippen LogP contribution in [0.1, 0.15) is 107 Å². The lowest BCUT2D eigenvalue weighted by molar-refractivity contribution is -0.187. The molecule has 2 heteroatoms. The summed E-state index contributed by atoms with van der Waals surface area (Å²) in [5.41, 5.74) is 7.86. The van der Waals surface area contributed by atoms with Crippen molar-refractivity contribution in [2.75, 3.05) is 13.7 Å². The molecule has 0 N–H and O–H groups in total. The number of ether oxygens (including phenoxy) is 2. The van der Waals surface area contributed by atoms with Crippen LogP contribution in [-0.4, -0.2) is 13.7 Å². The van der Waals surface area contributed by atoms with E-state index in [2.05, 4.69) is 71.0 Å². The highest BCUT2D eigenvalue weighted by Gasteiger charge is 2.48. The minimum atomic E-state index is 0.150. The van der Waals surface area contributed by atoms with Crippen molar-refractivity contribution in [2.45, 2.75) is 98.0 Å². The second-order valence-electron chi connectivity index (χ2n) is 11.1. The van der Waals surface area contributed by atoms with Crippen LogP contribution in [-0.2, 0) is 24.0 Å². The van der Waals surface area contributed by atoms with E-state index in [-0.39, 0.29) is 11.5 Å². The Balaban J connectivity index is 1.41. The standard InChI is InChI=1S/C31H44O2/c1-7-22-11-13-25(24(9-3)19-22)27-15-18-30(27,4)16-10-17-31(5)21-33-29(31)26-14-12-23(8-2)20-28(26)32-6/h11-14,19-20,27,29H,7-10,15-18,21H2,1-6H3. The smallest absolute Gasteiger partial charge is 0.124 e. The number of methoxy groups -OCH3 is 1. The highest BCUT2D eigenvalue weighted by molar-refractivity contribution is 5.41. The summed E-state index contributed by atoms with van der Waals surface area (Å²) in [5.74, 6) is 1.71. The highest BCUT2D eigenvalue weighted by Crippen LogP contribution is 2.58. The summed E-state index contributed by atoms with van der Waals surface area (Å²) in [5, 5.41) is 0. The Morgan fingerprint density at radius 3 is 2.09 bits per heavy atom. The Kier molecular flexibility index (Phi) is 7.24. The van der Waals surface area contributed by atoms with Gasteiger partial charge in [-0.1, -0.05) is 71.4 Å². The van der Waals surface area contributed by atoms with Gasteiger partial charge in [-0.3, -0.25) is 0 Å². The normalized spacial score (nSPS) is 28.8. The fourth-order valence-electron chi connectivity index (χ4n) is 6.34. The van der Waals surface area contributed by atoms with Gasteiger partial charge in [-0.15, -0.1) is 0 Å². The van der Waals surface area contributed by atoms with Crippen LogP contribution in [0.5, 0.6) is 5.75 Å². The molecular formula is C31H44O2. The van der Waals surface area contributed by atoms with E-state index in [0.29, 0.717) is 5.41 Å². The van der Waals surface area contributed by atoms with E-state index < -0.39 is 0 Å². The second kappa shape index (κ2) is 9.82. The molecule has 0 amide bonds. The quantitative estimate of drug-likeness (QED) is 0.364. The van der Waals surface area contributed by atoms with Crippen molar-refractivity contribution < 1.29 is 9.47 Å². The largest absolute Gasteiger partial charge is 0.496 e. The van der Waals surface area contributed by atoms with Gasteiger partial charge in [0.05, 0.1) is 19.8 Å². The molecule has 1 saturated heterocycles. The van der Waals surface area contributed by atoms with Crippen LogP contribution in [0, 0.1) is 10.8 Å². The van der Waals surface area contributed by atoms with E-state index in [4.69, 9.17) is 9.47 Å². The number of hydrogen-bond donors (Lipinski definition) is 0. The Labute approximate surface area is 202 Å². The molecule has 4 unspecified atom stereocenters. The molecule has 180 valence electrons. The number of hydrogen-bond acceptors (Lipinski definition) is 2. The molecule has 0 aromatic heterocycles. The van der Waals surface area contributed by atoms with Crippen molar-refractivity contribution >= 4 is 0 Å². The fourth-order valence-corrected chi connectivity index (χ4v) is 6.34. The summed E-state index contributed by atoms with van der Waals surface area (Å²) in [6, 6.07) is 13.9. The van der Waals surface area contributed by atoms with Gasteiger partial charge in [-0.2, -0.15) is 0 Å². The van der Waals surface area contributed by atoms with Crippen molar-refractivity contribution in [3.05, 3.63) is 64.2 Å². The zero-order valence-electron chi connectivity index (χ0n) is 21.8. The van der Waals surface area contributed by atoms with Crippen LogP contribution in [0.4, 0.5) is 0 Å². The summed E-state index contributed by atoms with van der Waals surface area (Å²) in [6.07, 6.45) is 9.95. The average Bonchev–Trinajstić information content (AvgIpc) is 2.82. The molecule has 1 aliphatic carbocycles. The molecule has 2 aromatic carbocycles. The van der Waals surface area contributed by atoms with Crippen molar-refractivity contribution in [3.63, 3.8) is 0 Å².